The van der Waals surface area contributed by atoms with Crippen LogP contribution in [-0.2, 0) is 0 Å². The van der Waals surface area contributed by atoms with Gasteiger partial charge in [-0.25, -0.2) is 4.98 Å². The molecule has 0 saturated heterocycles. The van der Waals surface area contributed by atoms with Crippen molar-refractivity contribution in [3.05, 3.63) is 15.6 Å². The summed E-state index contributed by atoms with van der Waals surface area (Å²) < 4.78 is 0. The van der Waals surface area contributed by atoms with Gasteiger partial charge < -0.3 is 10.6 Å². The number of hydrogen-bond donors (Lipinski definition) is 1. The largest absolute Gasteiger partial charge is 0.354 e. The number of thiazole rings is 1. The van der Waals surface area contributed by atoms with E-state index in [4.69, 9.17) is 17.3 Å². The van der Waals surface area contributed by atoms with E-state index in [1.54, 1.807) is 11.3 Å². The smallest absolute Gasteiger partial charge is 0.186 e. The fourth-order valence-electron chi connectivity index (χ4n) is 0.921. The van der Waals surface area contributed by atoms with E-state index < -0.39 is 0 Å². The van der Waals surface area contributed by atoms with Crippen molar-refractivity contribution in [2.75, 3.05) is 19.0 Å². The molecule has 1 aromatic heterocycles. The van der Waals surface area contributed by atoms with E-state index in [-0.39, 0.29) is 6.04 Å². The molecule has 3 nitrogen and oxygen atoms in total. The van der Waals surface area contributed by atoms with Crippen LogP contribution < -0.4 is 10.6 Å². The maximum atomic E-state index is 6.03. The third-order valence-electron chi connectivity index (χ3n) is 2.06. The molecule has 84 valence electrons. The number of nitrogens with two attached hydrogens (primary N) is 1. The van der Waals surface area contributed by atoms with Gasteiger partial charge in [0.15, 0.2) is 5.13 Å². The van der Waals surface area contributed by atoms with Crippen molar-refractivity contribution in [3.63, 3.8) is 0 Å². The van der Waals surface area contributed by atoms with Gasteiger partial charge in [0.25, 0.3) is 0 Å². The van der Waals surface area contributed by atoms with E-state index >= 15 is 0 Å². The van der Waals surface area contributed by atoms with Crippen LogP contribution in [0.25, 0.3) is 6.08 Å². The van der Waals surface area contributed by atoms with Gasteiger partial charge in [-0.05, 0) is 19.9 Å². The highest BCUT2D eigenvalue weighted by Crippen LogP contribution is 2.30. The highest BCUT2D eigenvalue weighted by molar-refractivity contribution is 7.17. The van der Waals surface area contributed by atoms with Crippen LogP contribution in [0.4, 0.5) is 5.13 Å². The molecule has 5 heteroatoms. The van der Waals surface area contributed by atoms with Gasteiger partial charge in [0.2, 0.25) is 0 Å². The molecule has 1 atom stereocenters. The normalized spacial score (nSPS) is 14.1. The van der Waals surface area contributed by atoms with E-state index in [1.807, 2.05) is 38.9 Å². The molecule has 1 heterocycles. The molecule has 0 saturated carbocycles. The van der Waals surface area contributed by atoms with Gasteiger partial charge >= 0.3 is 0 Å². The minimum absolute atomic E-state index is 0.0472. The zero-order valence-corrected chi connectivity index (χ0v) is 11.0. The Hall–Kier alpha value is -0.580. The molecule has 0 aliphatic heterocycles. The Morgan fingerprint density at radius 1 is 1.60 bits per heavy atom. The fourth-order valence-corrected chi connectivity index (χ4v) is 2.11. The predicted molar refractivity (Wildman–Crippen MR) is 68.8 cm³/mol. The van der Waals surface area contributed by atoms with Crippen LogP contribution in [0, 0.1) is 0 Å². The monoisotopic (exact) mass is 245 g/mol. The van der Waals surface area contributed by atoms with E-state index in [2.05, 4.69) is 4.98 Å². The second-order valence-corrected chi connectivity index (χ2v) is 5.09. The second kappa shape index (κ2) is 4.96. The Labute approximate surface area is 99.6 Å². The van der Waals surface area contributed by atoms with Gasteiger partial charge in [-0.1, -0.05) is 28.5 Å². The topological polar surface area (TPSA) is 42.2 Å². The summed E-state index contributed by atoms with van der Waals surface area (Å²) in [6.07, 6.45) is 2.00. The minimum atomic E-state index is 0.0472. The molecule has 0 aromatic carbocycles. The van der Waals surface area contributed by atoms with Crippen molar-refractivity contribution in [1.82, 2.24) is 4.98 Å². The molecule has 0 aliphatic carbocycles. The molecule has 1 unspecified atom stereocenters. The average Bonchev–Trinajstić information content (AvgIpc) is 2.47. The van der Waals surface area contributed by atoms with Crippen molar-refractivity contribution in [2.45, 2.75) is 19.9 Å². The minimum Gasteiger partial charge on any atom is -0.354 e. The Kier molecular flexibility index (Phi) is 4.13. The SMILES string of the molecule is CC(=Cc1sc(N(C)C)nc1Cl)C(C)N. The van der Waals surface area contributed by atoms with Gasteiger partial charge in [0.1, 0.15) is 5.15 Å². The molecular formula is C10H16ClN3S. The van der Waals surface area contributed by atoms with E-state index in [0.717, 1.165) is 15.6 Å². The Morgan fingerprint density at radius 3 is 2.60 bits per heavy atom. The summed E-state index contributed by atoms with van der Waals surface area (Å²) in [4.78, 5) is 7.15. The van der Waals surface area contributed by atoms with E-state index in [1.165, 1.54) is 0 Å². The van der Waals surface area contributed by atoms with Gasteiger partial charge in [-0.3, -0.25) is 0 Å². The van der Waals surface area contributed by atoms with Crippen molar-refractivity contribution in [3.8, 4) is 0 Å². The summed E-state index contributed by atoms with van der Waals surface area (Å²) in [7, 11) is 3.89. The maximum Gasteiger partial charge on any atom is 0.186 e. The molecular weight excluding hydrogens is 230 g/mol. The molecule has 0 amide bonds. The van der Waals surface area contributed by atoms with Crippen molar-refractivity contribution < 1.29 is 0 Å². The number of hydrogen-bond acceptors (Lipinski definition) is 4. The number of aromatic nitrogens is 1. The molecule has 0 spiro atoms. The van der Waals surface area contributed by atoms with E-state index in [0.29, 0.717) is 5.15 Å². The average molecular weight is 246 g/mol. The van der Waals surface area contributed by atoms with Gasteiger partial charge in [0, 0.05) is 20.1 Å². The third-order valence-corrected chi connectivity index (χ3v) is 3.63. The van der Waals surface area contributed by atoms with Crippen molar-refractivity contribution in [1.29, 1.82) is 0 Å². The maximum absolute atomic E-state index is 6.03. The number of halogens is 1. The van der Waals surface area contributed by atoms with Gasteiger partial charge in [-0.15, -0.1) is 0 Å². The molecule has 0 bridgehead atoms. The van der Waals surface area contributed by atoms with Crippen LogP contribution in [0.1, 0.15) is 18.7 Å². The number of anilines is 1. The van der Waals surface area contributed by atoms with Crippen LogP contribution in [-0.4, -0.2) is 25.1 Å². The third kappa shape index (κ3) is 3.19. The number of nitrogens with zero attached hydrogens (tertiary/aromatic N) is 2. The molecule has 0 aliphatic rings. The second-order valence-electron chi connectivity index (χ2n) is 3.72. The summed E-state index contributed by atoms with van der Waals surface area (Å²) in [6, 6.07) is 0.0472. The van der Waals surface area contributed by atoms with Crippen LogP contribution in [0.2, 0.25) is 5.15 Å². The van der Waals surface area contributed by atoms with Crippen molar-refractivity contribution in [2.24, 2.45) is 5.73 Å². The lowest BCUT2D eigenvalue weighted by molar-refractivity contribution is 0.868. The summed E-state index contributed by atoms with van der Waals surface area (Å²) in [6.45, 7) is 3.95. The molecule has 2 N–H and O–H groups in total. The summed E-state index contributed by atoms with van der Waals surface area (Å²) in [5.74, 6) is 0. The predicted octanol–water partition coefficient (Wildman–Crippen LogP) is 2.61. The first-order chi connectivity index (χ1) is 6.91. The Balaban J connectivity index is 3.00. The van der Waals surface area contributed by atoms with Crippen molar-refractivity contribution >= 4 is 34.1 Å². The molecule has 1 rings (SSSR count). The lowest BCUT2D eigenvalue weighted by atomic mass is 10.1. The highest BCUT2D eigenvalue weighted by Gasteiger charge is 2.09. The van der Waals surface area contributed by atoms with Crippen LogP contribution in [0.3, 0.4) is 0 Å². The first kappa shape index (κ1) is 12.5. The standard InChI is InChI=1S/C10H16ClN3S/c1-6(7(2)12)5-8-9(11)13-10(15-8)14(3)4/h5,7H,12H2,1-4H3. The summed E-state index contributed by atoms with van der Waals surface area (Å²) in [5, 5.41) is 1.45. The zero-order valence-electron chi connectivity index (χ0n) is 9.41. The lowest BCUT2D eigenvalue weighted by Crippen LogP contribution is -2.15. The first-order valence-electron chi connectivity index (χ1n) is 4.69. The quantitative estimate of drug-likeness (QED) is 0.890. The Morgan fingerprint density at radius 2 is 2.20 bits per heavy atom. The molecule has 15 heavy (non-hydrogen) atoms. The molecule has 0 radical (unpaired) electrons. The fraction of sp³-hybridized carbons (Fsp3) is 0.500. The zero-order chi connectivity index (χ0) is 11.6. The highest BCUT2D eigenvalue weighted by atomic mass is 35.5. The van der Waals surface area contributed by atoms with Crippen LogP contribution >= 0.6 is 22.9 Å². The first-order valence-corrected chi connectivity index (χ1v) is 5.88. The Bertz CT molecular complexity index is 369. The van der Waals surface area contributed by atoms with E-state index in [9.17, 15) is 0 Å². The molecule has 0 fully saturated rings. The van der Waals surface area contributed by atoms with Gasteiger partial charge in [0.05, 0.1) is 4.88 Å². The van der Waals surface area contributed by atoms with Crippen LogP contribution in [0.5, 0.6) is 0 Å². The van der Waals surface area contributed by atoms with Gasteiger partial charge in [-0.2, -0.15) is 0 Å². The summed E-state index contributed by atoms with van der Waals surface area (Å²) in [5.41, 5.74) is 6.87. The molecule has 1 aromatic rings. The lowest BCUT2D eigenvalue weighted by Gasteiger charge is -2.05. The number of rotatable bonds is 3. The van der Waals surface area contributed by atoms with Crippen LogP contribution in [0.15, 0.2) is 5.57 Å². The summed E-state index contributed by atoms with van der Waals surface area (Å²) >= 11 is 7.59.